The second-order valence-corrected chi connectivity index (χ2v) is 8.78. The molecule has 3 aromatic rings. The summed E-state index contributed by atoms with van der Waals surface area (Å²) in [5.41, 5.74) is 6.30. The summed E-state index contributed by atoms with van der Waals surface area (Å²) < 4.78 is 5.45. The molecule has 2 atom stereocenters. The second-order valence-electron chi connectivity index (χ2n) is 8.78. The SMILES string of the molecule is CCN(CC)C(=O)C1C=C2c3cccc4[nH]cc(c34)CC2N(Cc2cccc(OC)c2)C1. The zero-order valence-electron chi connectivity index (χ0n) is 19.1. The number of amides is 1. The first-order valence-corrected chi connectivity index (χ1v) is 11.6. The number of rotatable bonds is 6. The third-order valence-corrected chi connectivity index (χ3v) is 7.04. The molecule has 2 aromatic carbocycles. The highest BCUT2D eigenvalue weighted by molar-refractivity contribution is 5.99. The number of carbonyl (C=O) groups is 1. The average Bonchev–Trinajstić information content (AvgIpc) is 3.24. The molecule has 32 heavy (non-hydrogen) atoms. The third kappa shape index (κ3) is 3.51. The predicted molar refractivity (Wildman–Crippen MR) is 129 cm³/mol. The highest BCUT2D eigenvalue weighted by atomic mass is 16.5. The van der Waals surface area contributed by atoms with Crippen LogP contribution in [0.15, 0.2) is 54.7 Å². The molecule has 1 aliphatic carbocycles. The molecule has 0 radical (unpaired) electrons. The number of H-pyrrole nitrogens is 1. The summed E-state index contributed by atoms with van der Waals surface area (Å²) in [6, 6.07) is 15.0. The highest BCUT2D eigenvalue weighted by Gasteiger charge is 2.38. The fourth-order valence-corrected chi connectivity index (χ4v) is 5.43. The molecule has 2 aliphatic rings. The maximum absolute atomic E-state index is 13.4. The van der Waals surface area contributed by atoms with E-state index in [0.717, 1.165) is 38.3 Å². The Morgan fingerprint density at radius 3 is 2.78 bits per heavy atom. The zero-order chi connectivity index (χ0) is 22.2. The Balaban J connectivity index is 1.57. The van der Waals surface area contributed by atoms with Gasteiger partial charge in [-0.2, -0.15) is 0 Å². The Hall–Kier alpha value is -3.05. The van der Waals surface area contributed by atoms with Crippen molar-refractivity contribution in [2.45, 2.75) is 32.9 Å². The molecular weight excluding hydrogens is 398 g/mol. The van der Waals surface area contributed by atoms with E-state index in [1.54, 1.807) is 7.11 Å². The van der Waals surface area contributed by atoms with Gasteiger partial charge in [-0.3, -0.25) is 9.69 Å². The predicted octanol–water partition coefficient (Wildman–Crippen LogP) is 4.49. The van der Waals surface area contributed by atoms with Gasteiger partial charge in [0, 0.05) is 49.3 Å². The van der Waals surface area contributed by atoms with Crippen LogP contribution in [0.2, 0.25) is 0 Å². The van der Waals surface area contributed by atoms with E-state index in [0.29, 0.717) is 0 Å². The lowest BCUT2D eigenvalue weighted by Gasteiger charge is -2.42. The van der Waals surface area contributed by atoms with Crippen molar-refractivity contribution in [3.05, 3.63) is 71.4 Å². The van der Waals surface area contributed by atoms with Gasteiger partial charge in [-0.1, -0.05) is 30.3 Å². The van der Waals surface area contributed by atoms with Crippen LogP contribution < -0.4 is 4.74 Å². The standard InChI is InChI=1S/C27H31N3O2/c1-4-29(5-2)27(31)20-13-23-22-10-7-11-24-26(22)19(15-28-24)14-25(23)30(17-20)16-18-8-6-9-21(12-18)32-3/h6-13,15,20,25,28H,4-5,14,16-17H2,1-3H3. The monoisotopic (exact) mass is 429 g/mol. The lowest BCUT2D eigenvalue weighted by Crippen LogP contribution is -2.48. The number of hydrogen-bond donors (Lipinski definition) is 1. The van der Waals surface area contributed by atoms with Crippen LogP contribution in [-0.4, -0.2) is 53.5 Å². The van der Waals surface area contributed by atoms with Crippen LogP contribution in [0.5, 0.6) is 5.75 Å². The highest BCUT2D eigenvalue weighted by Crippen LogP contribution is 2.42. The normalized spacial score (nSPS) is 20.0. The van der Waals surface area contributed by atoms with Crippen molar-refractivity contribution >= 4 is 22.4 Å². The molecule has 1 aromatic heterocycles. The molecule has 0 spiro atoms. The van der Waals surface area contributed by atoms with Gasteiger partial charge >= 0.3 is 0 Å². The van der Waals surface area contributed by atoms with Crippen LogP contribution in [0.1, 0.15) is 30.5 Å². The smallest absolute Gasteiger partial charge is 0.230 e. The van der Waals surface area contributed by atoms with Crippen LogP contribution in [0.3, 0.4) is 0 Å². The van der Waals surface area contributed by atoms with Crippen molar-refractivity contribution in [2.24, 2.45) is 5.92 Å². The van der Waals surface area contributed by atoms with Gasteiger partial charge in [0.2, 0.25) is 5.91 Å². The number of hydrogen-bond acceptors (Lipinski definition) is 3. The fraction of sp³-hybridized carbons (Fsp3) is 0.370. The number of fused-ring (bicyclic) bond motifs is 2. The number of carbonyl (C=O) groups excluding carboxylic acids is 1. The van der Waals surface area contributed by atoms with Crippen molar-refractivity contribution in [1.82, 2.24) is 14.8 Å². The Morgan fingerprint density at radius 1 is 1.19 bits per heavy atom. The minimum absolute atomic E-state index is 0.137. The largest absolute Gasteiger partial charge is 0.497 e. The summed E-state index contributed by atoms with van der Waals surface area (Å²) in [5.74, 6) is 0.957. The van der Waals surface area contributed by atoms with E-state index in [-0.39, 0.29) is 17.9 Å². The van der Waals surface area contributed by atoms with E-state index in [1.807, 2.05) is 17.0 Å². The first-order chi connectivity index (χ1) is 15.6. The minimum atomic E-state index is -0.137. The number of methoxy groups -OCH3 is 1. The number of nitrogens with zero attached hydrogens (tertiary/aromatic N) is 2. The van der Waals surface area contributed by atoms with Gasteiger partial charge in [-0.15, -0.1) is 0 Å². The Morgan fingerprint density at radius 2 is 2.00 bits per heavy atom. The fourth-order valence-electron chi connectivity index (χ4n) is 5.43. The molecule has 5 heteroatoms. The minimum Gasteiger partial charge on any atom is -0.497 e. The van der Waals surface area contributed by atoms with Crippen molar-refractivity contribution in [2.75, 3.05) is 26.7 Å². The number of nitrogens with one attached hydrogen (secondary N) is 1. The lowest BCUT2D eigenvalue weighted by molar-refractivity contribution is -0.134. The van der Waals surface area contributed by atoms with Gasteiger partial charge in [-0.05, 0) is 60.7 Å². The quantitative estimate of drug-likeness (QED) is 0.628. The molecule has 2 unspecified atom stereocenters. The molecular formula is C27H31N3O2. The molecule has 0 saturated heterocycles. The summed E-state index contributed by atoms with van der Waals surface area (Å²) in [6.45, 7) is 7.12. The third-order valence-electron chi connectivity index (χ3n) is 7.04. The van der Waals surface area contributed by atoms with Crippen LogP contribution in [0, 0.1) is 5.92 Å². The maximum atomic E-state index is 13.4. The van der Waals surface area contributed by atoms with E-state index in [1.165, 1.54) is 33.2 Å². The molecule has 1 N–H and O–H groups in total. The van der Waals surface area contributed by atoms with Crippen molar-refractivity contribution < 1.29 is 9.53 Å². The van der Waals surface area contributed by atoms with Crippen LogP contribution in [0.4, 0.5) is 0 Å². The number of benzene rings is 2. The Bertz CT molecular complexity index is 1170. The number of aromatic amines is 1. The van der Waals surface area contributed by atoms with E-state index in [4.69, 9.17) is 4.74 Å². The second kappa shape index (κ2) is 8.47. The van der Waals surface area contributed by atoms with E-state index >= 15 is 0 Å². The first-order valence-electron chi connectivity index (χ1n) is 11.6. The topological polar surface area (TPSA) is 48.6 Å². The molecule has 5 nitrogen and oxygen atoms in total. The maximum Gasteiger partial charge on any atom is 0.230 e. The molecule has 1 amide bonds. The molecule has 0 fully saturated rings. The van der Waals surface area contributed by atoms with Gasteiger partial charge in [0.25, 0.3) is 0 Å². The van der Waals surface area contributed by atoms with Crippen molar-refractivity contribution in [1.29, 1.82) is 0 Å². The van der Waals surface area contributed by atoms with E-state index in [9.17, 15) is 4.79 Å². The number of aromatic nitrogens is 1. The van der Waals surface area contributed by atoms with Gasteiger partial charge < -0.3 is 14.6 Å². The Labute approximate surface area is 189 Å². The van der Waals surface area contributed by atoms with Crippen molar-refractivity contribution in [3.8, 4) is 5.75 Å². The van der Waals surface area contributed by atoms with Crippen LogP contribution >= 0.6 is 0 Å². The summed E-state index contributed by atoms with van der Waals surface area (Å²) in [5, 5.41) is 1.31. The summed E-state index contributed by atoms with van der Waals surface area (Å²) in [4.78, 5) is 21.3. The van der Waals surface area contributed by atoms with Gasteiger partial charge in [0.15, 0.2) is 0 Å². The van der Waals surface area contributed by atoms with Crippen LogP contribution in [0.25, 0.3) is 16.5 Å². The van der Waals surface area contributed by atoms with E-state index in [2.05, 4.69) is 66.3 Å². The lowest BCUT2D eigenvalue weighted by atomic mass is 9.79. The molecule has 166 valence electrons. The molecule has 2 heterocycles. The summed E-state index contributed by atoms with van der Waals surface area (Å²) in [6.07, 6.45) is 5.37. The van der Waals surface area contributed by atoms with Crippen molar-refractivity contribution in [3.63, 3.8) is 0 Å². The Kier molecular flexibility index (Phi) is 5.51. The number of ether oxygens (including phenoxy) is 1. The van der Waals surface area contributed by atoms with Gasteiger partial charge in [-0.25, -0.2) is 0 Å². The summed E-state index contributed by atoms with van der Waals surface area (Å²) in [7, 11) is 1.70. The zero-order valence-corrected chi connectivity index (χ0v) is 19.1. The van der Waals surface area contributed by atoms with Gasteiger partial charge in [0.1, 0.15) is 5.75 Å². The molecule has 5 rings (SSSR count). The molecule has 0 bridgehead atoms. The van der Waals surface area contributed by atoms with Crippen LogP contribution in [-0.2, 0) is 17.8 Å². The first kappa shape index (κ1) is 20.8. The molecule has 1 aliphatic heterocycles. The van der Waals surface area contributed by atoms with E-state index < -0.39 is 0 Å². The van der Waals surface area contributed by atoms with Gasteiger partial charge in [0.05, 0.1) is 13.0 Å². The molecule has 0 saturated carbocycles. The summed E-state index contributed by atoms with van der Waals surface area (Å²) >= 11 is 0. The average molecular weight is 430 g/mol.